The molecule has 200 valence electrons. The molecule has 8 heteroatoms. The molecule has 2 heterocycles. The van der Waals surface area contributed by atoms with E-state index in [1.807, 2.05) is 49.4 Å². The average molecular weight is 543 g/mol. The third kappa shape index (κ3) is 4.88. The van der Waals surface area contributed by atoms with Crippen LogP contribution in [0, 0.1) is 0 Å². The van der Waals surface area contributed by atoms with Crippen molar-refractivity contribution in [3.05, 3.63) is 89.0 Å². The zero-order valence-electron chi connectivity index (χ0n) is 22.5. The lowest BCUT2D eigenvalue weighted by Gasteiger charge is -2.24. The number of amides is 1. The van der Waals surface area contributed by atoms with Crippen LogP contribution >= 0.6 is 11.3 Å². The summed E-state index contributed by atoms with van der Waals surface area (Å²) in [6.45, 7) is 8.80. The molecule has 1 aromatic heterocycles. The first-order valence-electron chi connectivity index (χ1n) is 12.7. The number of carbonyl (C=O) groups excluding carboxylic acids is 2. The molecular formula is C31H30N2O5S. The largest absolute Gasteiger partial charge is 0.507 e. The number of fused-ring (bicyclic) bond motifs is 1. The highest BCUT2D eigenvalue weighted by atomic mass is 32.1. The van der Waals surface area contributed by atoms with Gasteiger partial charge in [0, 0.05) is 5.56 Å². The molecule has 4 aromatic rings. The molecule has 1 atom stereocenters. The topological polar surface area (TPSA) is 89.0 Å². The van der Waals surface area contributed by atoms with Gasteiger partial charge in [0.25, 0.3) is 5.78 Å². The van der Waals surface area contributed by atoms with Crippen molar-refractivity contribution < 1.29 is 24.2 Å². The van der Waals surface area contributed by atoms with Crippen molar-refractivity contribution >= 4 is 44.1 Å². The minimum Gasteiger partial charge on any atom is -0.507 e. The van der Waals surface area contributed by atoms with Gasteiger partial charge in [0.15, 0.2) is 5.13 Å². The highest BCUT2D eigenvalue weighted by Gasteiger charge is 2.48. The van der Waals surface area contributed by atoms with Gasteiger partial charge < -0.3 is 14.6 Å². The van der Waals surface area contributed by atoms with Crippen LogP contribution in [0.3, 0.4) is 0 Å². The number of carbonyl (C=O) groups is 2. The van der Waals surface area contributed by atoms with Gasteiger partial charge >= 0.3 is 5.91 Å². The van der Waals surface area contributed by atoms with E-state index in [-0.39, 0.29) is 16.7 Å². The molecule has 5 rings (SSSR count). The van der Waals surface area contributed by atoms with E-state index in [1.54, 1.807) is 31.4 Å². The molecule has 1 aliphatic rings. The van der Waals surface area contributed by atoms with Crippen molar-refractivity contribution in [3.63, 3.8) is 0 Å². The summed E-state index contributed by atoms with van der Waals surface area (Å²) in [6, 6.07) is 19.2. The summed E-state index contributed by atoms with van der Waals surface area (Å²) in [5.41, 5.74) is 2.86. The first-order chi connectivity index (χ1) is 18.6. The molecule has 1 amide bonds. The maximum atomic E-state index is 13.6. The molecular weight excluding hydrogens is 512 g/mol. The number of thiazole rings is 1. The SMILES string of the molecule is CCOc1ccc2nc(N3C(=O)C(=O)C(=C(O)c4ccc(OC)cc4)[C@H]3c3ccc(C(C)(C)C)cc3)sc2c1. The number of hydrogen-bond donors (Lipinski definition) is 1. The Kier molecular flexibility index (Phi) is 6.91. The number of hydrogen-bond acceptors (Lipinski definition) is 7. The van der Waals surface area contributed by atoms with Gasteiger partial charge in [0.2, 0.25) is 0 Å². The predicted molar refractivity (Wildman–Crippen MR) is 154 cm³/mol. The van der Waals surface area contributed by atoms with Gasteiger partial charge in [-0.25, -0.2) is 4.98 Å². The fraction of sp³-hybridized carbons (Fsp3) is 0.258. The summed E-state index contributed by atoms with van der Waals surface area (Å²) in [7, 11) is 1.55. The van der Waals surface area contributed by atoms with Crippen LogP contribution in [0.2, 0.25) is 0 Å². The molecule has 1 aliphatic heterocycles. The number of ether oxygens (including phenoxy) is 2. The molecule has 0 radical (unpaired) electrons. The standard InChI is InChI=1S/C31H30N2O5S/c1-6-38-22-15-16-23-24(17-22)39-30(32-23)33-26(18-7-11-20(12-8-18)31(2,3)4)25(28(35)29(33)36)27(34)19-9-13-21(37-5)14-10-19/h7-17,26,34H,6H2,1-5H3/t26-/m1/s1. The average Bonchev–Trinajstić information content (AvgIpc) is 3.45. The second-order valence-corrected chi connectivity index (χ2v) is 11.3. The number of nitrogens with zero attached hydrogens (tertiary/aromatic N) is 2. The minimum atomic E-state index is -0.854. The molecule has 39 heavy (non-hydrogen) atoms. The summed E-state index contributed by atoms with van der Waals surface area (Å²) in [6.07, 6.45) is 0. The Morgan fingerprint density at radius 3 is 2.28 bits per heavy atom. The predicted octanol–water partition coefficient (Wildman–Crippen LogP) is 6.63. The van der Waals surface area contributed by atoms with Crippen molar-refractivity contribution in [1.82, 2.24) is 4.98 Å². The molecule has 3 aromatic carbocycles. The van der Waals surface area contributed by atoms with Crippen LogP contribution < -0.4 is 14.4 Å². The van der Waals surface area contributed by atoms with E-state index in [0.29, 0.717) is 39.9 Å². The maximum Gasteiger partial charge on any atom is 0.301 e. The Bertz CT molecular complexity index is 1580. The number of aliphatic hydroxyl groups is 1. The van der Waals surface area contributed by atoms with Crippen LogP contribution in [0.1, 0.15) is 50.4 Å². The molecule has 0 unspecified atom stereocenters. The minimum absolute atomic E-state index is 0.0166. The summed E-state index contributed by atoms with van der Waals surface area (Å²) >= 11 is 1.30. The zero-order valence-corrected chi connectivity index (χ0v) is 23.3. The van der Waals surface area contributed by atoms with Gasteiger partial charge in [-0.15, -0.1) is 0 Å². The Morgan fingerprint density at radius 1 is 1.00 bits per heavy atom. The molecule has 0 saturated carbocycles. The number of rotatable bonds is 6. The number of Topliss-reactive ketones (excluding diaryl/α,β-unsaturated/α-hetero) is 1. The number of methoxy groups -OCH3 is 1. The fourth-order valence-corrected chi connectivity index (χ4v) is 5.69. The highest BCUT2D eigenvalue weighted by molar-refractivity contribution is 7.22. The van der Waals surface area contributed by atoms with Crippen LogP contribution in [-0.2, 0) is 15.0 Å². The number of benzene rings is 3. The third-order valence-electron chi connectivity index (χ3n) is 6.77. The summed E-state index contributed by atoms with van der Waals surface area (Å²) < 4.78 is 11.7. The monoisotopic (exact) mass is 542 g/mol. The molecule has 0 spiro atoms. The van der Waals surface area contributed by atoms with Crippen molar-refractivity contribution in [3.8, 4) is 11.5 Å². The van der Waals surface area contributed by atoms with Gasteiger partial charge in [-0.2, -0.15) is 0 Å². The van der Waals surface area contributed by atoms with E-state index in [4.69, 9.17) is 14.5 Å². The second-order valence-electron chi connectivity index (χ2n) is 10.3. The highest BCUT2D eigenvalue weighted by Crippen LogP contribution is 2.45. The van der Waals surface area contributed by atoms with Crippen LogP contribution in [0.25, 0.3) is 16.0 Å². The zero-order chi connectivity index (χ0) is 27.9. The van der Waals surface area contributed by atoms with Crippen molar-refractivity contribution in [1.29, 1.82) is 0 Å². The van der Waals surface area contributed by atoms with E-state index < -0.39 is 17.7 Å². The smallest absolute Gasteiger partial charge is 0.301 e. The number of ketones is 1. The summed E-state index contributed by atoms with van der Waals surface area (Å²) in [5, 5.41) is 11.8. The van der Waals surface area contributed by atoms with Crippen LogP contribution in [0.15, 0.2) is 72.3 Å². The number of anilines is 1. The lowest BCUT2D eigenvalue weighted by atomic mass is 9.85. The molecule has 0 bridgehead atoms. The molecule has 1 N–H and O–H groups in total. The second kappa shape index (κ2) is 10.2. The Hall–Kier alpha value is -4.17. The van der Waals surface area contributed by atoms with Crippen molar-refractivity contribution in [2.45, 2.75) is 39.2 Å². The summed E-state index contributed by atoms with van der Waals surface area (Å²) in [4.78, 5) is 33.2. The maximum absolute atomic E-state index is 13.6. The number of aromatic nitrogens is 1. The van der Waals surface area contributed by atoms with E-state index in [2.05, 4.69) is 20.8 Å². The fourth-order valence-electron chi connectivity index (χ4n) is 4.67. The van der Waals surface area contributed by atoms with E-state index in [1.165, 1.54) is 16.2 Å². The lowest BCUT2D eigenvalue weighted by molar-refractivity contribution is -0.132. The molecule has 1 fully saturated rings. The van der Waals surface area contributed by atoms with E-state index >= 15 is 0 Å². The Labute approximate surface area is 231 Å². The normalized spacial score (nSPS) is 17.2. The van der Waals surface area contributed by atoms with E-state index in [9.17, 15) is 14.7 Å². The first-order valence-corrected chi connectivity index (χ1v) is 13.5. The van der Waals surface area contributed by atoms with Crippen molar-refractivity contribution in [2.24, 2.45) is 0 Å². The van der Waals surface area contributed by atoms with Crippen LogP contribution in [0.5, 0.6) is 11.5 Å². The third-order valence-corrected chi connectivity index (χ3v) is 7.78. The quantitative estimate of drug-likeness (QED) is 0.167. The van der Waals surface area contributed by atoms with E-state index in [0.717, 1.165) is 10.3 Å². The Morgan fingerprint density at radius 2 is 1.67 bits per heavy atom. The molecule has 0 aliphatic carbocycles. The van der Waals surface area contributed by atoms with Gasteiger partial charge in [0.05, 0.1) is 35.5 Å². The number of aliphatic hydroxyl groups excluding tert-OH is 1. The van der Waals surface area contributed by atoms with Crippen molar-refractivity contribution in [2.75, 3.05) is 18.6 Å². The lowest BCUT2D eigenvalue weighted by Crippen LogP contribution is -2.29. The summed E-state index contributed by atoms with van der Waals surface area (Å²) in [5.74, 6) is -0.428. The molecule has 7 nitrogen and oxygen atoms in total. The first kappa shape index (κ1) is 26.4. The van der Waals surface area contributed by atoms with Gasteiger partial charge in [-0.3, -0.25) is 14.5 Å². The van der Waals surface area contributed by atoms with Crippen LogP contribution in [0.4, 0.5) is 5.13 Å². The Balaban J connectivity index is 1.68. The van der Waals surface area contributed by atoms with Gasteiger partial charge in [-0.1, -0.05) is 56.4 Å². The molecule has 1 saturated heterocycles. The van der Waals surface area contributed by atoms with Gasteiger partial charge in [0.1, 0.15) is 17.3 Å². The van der Waals surface area contributed by atoms with Crippen LogP contribution in [-0.4, -0.2) is 35.5 Å². The van der Waals surface area contributed by atoms with Gasteiger partial charge in [-0.05, 0) is 65.9 Å².